The van der Waals surface area contributed by atoms with Crippen LogP contribution in [0.5, 0.6) is 11.5 Å². The van der Waals surface area contributed by atoms with Gasteiger partial charge < -0.3 is 14.6 Å². The summed E-state index contributed by atoms with van der Waals surface area (Å²) in [5.74, 6) is 2.71. The molecule has 6 heteroatoms. The van der Waals surface area contributed by atoms with E-state index in [2.05, 4.69) is 10.1 Å². The molecule has 1 heterocycles. The molecule has 0 atom stereocenters. The van der Waals surface area contributed by atoms with E-state index in [4.69, 9.17) is 9.47 Å². The van der Waals surface area contributed by atoms with Crippen molar-refractivity contribution in [2.24, 2.45) is 0 Å². The molecule has 142 valence electrons. The molecule has 0 saturated carbocycles. The summed E-state index contributed by atoms with van der Waals surface area (Å²) in [5.41, 5.74) is 0.261. The number of nitrogens with zero attached hydrogens (tertiary/aromatic N) is 3. The first-order valence-electron chi connectivity index (χ1n) is 8.91. The second-order valence-electron chi connectivity index (χ2n) is 7.12. The Bertz CT molecular complexity index is 853. The topological polar surface area (TPSA) is 69.4 Å². The summed E-state index contributed by atoms with van der Waals surface area (Å²) in [5, 5.41) is 14.6. The summed E-state index contributed by atoms with van der Waals surface area (Å²) in [7, 11) is 0. The van der Waals surface area contributed by atoms with Crippen molar-refractivity contribution in [3.05, 3.63) is 71.8 Å². The van der Waals surface area contributed by atoms with Gasteiger partial charge in [-0.3, -0.25) is 0 Å². The molecule has 0 unspecified atom stereocenters. The van der Waals surface area contributed by atoms with E-state index in [9.17, 15) is 5.11 Å². The van der Waals surface area contributed by atoms with Crippen LogP contribution < -0.4 is 9.47 Å². The second kappa shape index (κ2) is 8.22. The van der Waals surface area contributed by atoms with Crippen molar-refractivity contribution in [3.8, 4) is 11.5 Å². The Balaban J connectivity index is 1.71. The molecule has 0 amide bonds. The van der Waals surface area contributed by atoms with Crippen molar-refractivity contribution >= 4 is 0 Å². The minimum absolute atomic E-state index is 0.250. The fourth-order valence-electron chi connectivity index (χ4n) is 2.53. The first kappa shape index (κ1) is 18.9. The Labute approximate surface area is 159 Å². The zero-order valence-corrected chi connectivity index (χ0v) is 15.9. The van der Waals surface area contributed by atoms with Crippen LogP contribution in [0.2, 0.25) is 0 Å². The third-order valence-electron chi connectivity index (χ3n) is 3.83. The van der Waals surface area contributed by atoms with Gasteiger partial charge in [-0.25, -0.2) is 9.67 Å². The zero-order valence-electron chi connectivity index (χ0n) is 15.9. The van der Waals surface area contributed by atoms with Gasteiger partial charge in [0.25, 0.3) is 0 Å². The van der Waals surface area contributed by atoms with E-state index in [1.165, 1.54) is 5.56 Å². The number of para-hydroxylation sites is 1. The summed E-state index contributed by atoms with van der Waals surface area (Å²) >= 11 is 0. The molecule has 0 aliphatic carbocycles. The molecule has 2 aromatic carbocycles. The molecule has 0 aliphatic heterocycles. The lowest BCUT2D eigenvalue weighted by molar-refractivity contribution is 0.0553. The molecule has 0 bridgehead atoms. The normalized spacial score (nSPS) is 11.4. The fraction of sp³-hybridized carbons (Fsp3) is 0.333. The van der Waals surface area contributed by atoms with Gasteiger partial charge in [0.1, 0.15) is 24.7 Å². The number of hydrogen-bond acceptors (Lipinski definition) is 5. The second-order valence-corrected chi connectivity index (χ2v) is 7.12. The SMILES string of the molecule is Cc1ccc(OCc2nc(COc3ccccc3)nn2CC(C)(C)O)cc1. The molecule has 6 nitrogen and oxygen atoms in total. The summed E-state index contributed by atoms with van der Waals surface area (Å²) in [6, 6.07) is 17.4. The van der Waals surface area contributed by atoms with Crippen LogP contribution >= 0.6 is 0 Å². The predicted octanol–water partition coefficient (Wildman–Crippen LogP) is 3.52. The smallest absolute Gasteiger partial charge is 0.188 e. The zero-order chi connectivity index (χ0) is 19.3. The number of aromatic nitrogens is 3. The molecule has 0 radical (unpaired) electrons. The highest BCUT2D eigenvalue weighted by molar-refractivity contribution is 5.26. The van der Waals surface area contributed by atoms with Crippen LogP contribution in [0.15, 0.2) is 54.6 Å². The minimum Gasteiger partial charge on any atom is -0.486 e. The monoisotopic (exact) mass is 367 g/mol. The Kier molecular flexibility index (Phi) is 5.76. The summed E-state index contributed by atoms with van der Waals surface area (Å²) in [6.07, 6.45) is 0. The van der Waals surface area contributed by atoms with Crippen LogP contribution in [0, 0.1) is 6.92 Å². The van der Waals surface area contributed by atoms with Crippen molar-refractivity contribution in [2.75, 3.05) is 0 Å². The molecule has 0 fully saturated rings. The molecule has 27 heavy (non-hydrogen) atoms. The number of aryl methyl sites for hydroxylation is 1. The summed E-state index contributed by atoms with van der Waals surface area (Å²) in [6.45, 7) is 6.33. The number of ether oxygens (including phenoxy) is 2. The standard InChI is InChI=1S/C21H25N3O3/c1-16-9-11-18(12-10-16)27-14-20-22-19(23-24(20)15-21(2,3)25)13-26-17-7-5-4-6-8-17/h4-12,25H,13-15H2,1-3H3. The Morgan fingerprint density at radius 3 is 2.22 bits per heavy atom. The average molecular weight is 367 g/mol. The first-order valence-corrected chi connectivity index (χ1v) is 8.91. The van der Waals surface area contributed by atoms with Crippen LogP contribution in [0.25, 0.3) is 0 Å². The molecule has 3 aromatic rings. The first-order chi connectivity index (χ1) is 12.9. The van der Waals surface area contributed by atoms with Gasteiger partial charge >= 0.3 is 0 Å². The van der Waals surface area contributed by atoms with E-state index in [1.54, 1.807) is 18.5 Å². The van der Waals surface area contributed by atoms with Crippen molar-refractivity contribution in [1.29, 1.82) is 0 Å². The highest BCUT2D eigenvalue weighted by Crippen LogP contribution is 2.16. The molecular formula is C21H25N3O3. The van der Waals surface area contributed by atoms with Gasteiger partial charge in [-0.2, -0.15) is 5.10 Å². The Morgan fingerprint density at radius 1 is 0.926 bits per heavy atom. The van der Waals surface area contributed by atoms with Crippen molar-refractivity contribution in [3.63, 3.8) is 0 Å². The third kappa shape index (κ3) is 5.82. The summed E-state index contributed by atoms with van der Waals surface area (Å²) in [4.78, 5) is 4.53. The average Bonchev–Trinajstić information content (AvgIpc) is 3.00. The Hall–Kier alpha value is -2.86. The van der Waals surface area contributed by atoms with Gasteiger partial charge in [-0.15, -0.1) is 0 Å². The highest BCUT2D eigenvalue weighted by Gasteiger charge is 2.19. The molecule has 1 N–H and O–H groups in total. The van der Waals surface area contributed by atoms with Gasteiger partial charge in [-0.05, 0) is 45.0 Å². The van der Waals surface area contributed by atoms with Crippen molar-refractivity contribution < 1.29 is 14.6 Å². The number of aliphatic hydroxyl groups is 1. The number of rotatable bonds is 8. The van der Waals surface area contributed by atoms with Gasteiger partial charge in [0, 0.05) is 0 Å². The van der Waals surface area contributed by atoms with Crippen LogP contribution in [0.3, 0.4) is 0 Å². The van der Waals surface area contributed by atoms with E-state index in [0.717, 1.165) is 11.5 Å². The third-order valence-corrected chi connectivity index (χ3v) is 3.83. The fourth-order valence-corrected chi connectivity index (χ4v) is 2.53. The minimum atomic E-state index is -0.913. The van der Waals surface area contributed by atoms with Crippen LogP contribution in [0.4, 0.5) is 0 Å². The molecular weight excluding hydrogens is 342 g/mol. The quantitative estimate of drug-likeness (QED) is 0.660. The maximum absolute atomic E-state index is 10.2. The van der Waals surface area contributed by atoms with E-state index < -0.39 is 5.60 Å². The molecule has 3 rings (SSSR count). The maximum Gasteiger partial charge on any atom is 0.188 e. The maximum atomic E-state index is 10.2. The molecule has 1 aromatic heterocycles. The van der Waals surface area contributed by atoms with Gasteiger partial charge in [0.05, 0.1) is 12.1 Å². The van der Waals surface area contributed by atoms with Gasteiger partial charge in [0.15, 0.2) is 11.6 Å². The largest absolute Gasteiger partial charge is 0.486 e. The highest BCUT2D eigenvalue weighted by atomic mass is 16.5. The molecule has 0 aliphatic rings. The lowest BCUT2D eigenvalue weighted by Crippen LogP contribution is -2.28. The van der Waals surface area contributed by atoms with Crippen molar-refractivity contribution in [2.45, 2.75) is 46.1 Å². The summed E-state index contributed by atoms with van der Waals surface area (Å²) < 4.78 is 13.2. The van der Waals surface area contributed by atoms with Crippen LogP contribution in [-0.2, 0) is 19.8 Å². The van der Waals surface area contributed by atoms with Gasteiger partial charge in [-0.1, -0.05) is 35.9 Å². The predicted molar refractivity (Wildman–Crippen MR) is 103 cm³/mol. The van der Waals surface area contributed by atoms with E-state index in [0.29, 0.717) is 18.2 Å². The van der Waals surface area contributed by atoms with Gasteiger partial charge in [0.2, 0.25) is 0 Å². The van der Waals surface area contributed by atoms with Crippen LogP contribution in [0.1, 0.15) is 31.1 Å². The van der Waals surface area contributed by atoms with E-state index in [1.807, 2.05) is 61.5 Å². The lowest BCUT2D eigenvalue weighted by atomic mass is 10.1. The van der Waals surface area contributed by atoms with Crippen LogP contribution in [-0.4, -0.2) is 25.5 Å². The molecule has 0 spiro atoms. The van der Waals surface area contributed by atoms with E-state index >= 15 is 0 Å². The van der Waals surface area contributed by atoms with Crippen molar-refractivity contribution in [1.82, 2.24) is 14.8 Å². The number of hydrogen-bond donors (Lipinski definition) is 1. The molecule has 0 saturated heterocycles. The van der Waals surface area contributed by atoms with E-state index in [-0.39, 0.29) is 13.2 Å². The lowest BCUT2D eigenvalue weighted by Gasteiger charge is -2.18. The number of benzene rings is 2. The Morgan fingerprint density at radius 2 is 1.56 bits per heavy atom.